The van der Waals surface area contributed by atoms with Gasteiger partial charge in [0.15, 0.2) is 0 Å². The molecular weight excluding hydrogens is 190 g/mol. The zero-order valence-corrected chi connectivity index (χ0v) is 8.63. The van der Waals surface area contributed by atoms with E-state index in [9.17, 15) is 0 Å². The van der Waals surface area contributed by atoms with Crippen molar-refractivity contribution in [1.82, 2.24) is 14.5 Å². The second kappa shape index (κ2) is 4.59. The summed E-state index contributed by atoms with van der Waals surface area (Å²) in [7, 11) is 0. The normalized spacial score (nSPS) is 10.2. The van der Waals surface area contributed by atoms with Gasteiger partial charge in [0.2, 0.25) is 0 Å². The van der Waals surface area contributed by atoms with E-state index >= 15 is 0 Å². The van der Waals surface area contributed by atoms with Gasteiger partial charge in [-0.05, 0) is 19.1 Å². The summed E-state index contributed by atoms with van der Waals surface area (Å²) in [6.07, 6.45) is 7.05. The highest BCUT2D eigenvalue weighted by atomic mass is 16.5. The topological polar surface area (TPSA) is 39.9 Å². The molecule has 0 radical (unpaired) electrons. The minimum Gasteiger partial charge on any atom is -0.486 e. The van der Waals surface area contributed by atoms with Gasteiger partial charge in [-0.1, -0.05) is 0 Å². The Balaban J connectivity index is 1.99. The average Bonchev–Trinajstić information content (AvgIpc) is 2.75. The Morgan fingerprint density at radius 3 is 3.00 bits per heavy atom. The fraction of sp³-hybridized carbons (Fsp3) is 0.273. The van der Waals surface area contributed by atoms with Gasteiger partial charge in [0.1, 0.15) is 12.4 Å². The molecule has 0 aromatic carbocycles. The van der Waals surface area contributed by atoms with E-state index in [1.54, 1.807) is 12.4 Å². The van der Waals surface area contributed by atoms with Gasteiger partial charge in [0, 0.05) is 12.7 Å². The van der Waals surface area contributed by atoms with Crippen LogP contribution in [0.4, 0.5) is 0 Å². The monoisotopic (exact) mass is 203 g/mol. The molecule has 2 aromatic rings. The molecule has 0 fully saturated rings. The second-order valence-corrected chi connectivity index (χ2v) is 3.15. The van der Waals surface area contributed by atoms with Crippen molar-refractivity contribution < 1.29 is 4.74 Å². The Labute approximate surface area is 88.6 Å². The van der Waals surface area contributed by atoms with Crippen LogP contribution in [0.25, 0.3) is 0 Å². The molecule has 0 saturated carbocycles. The summed E-state index contributed by atoms with van der Waals surface area (Å²) < 4.78 is 7.62. The van der Waals surface area contributed by atoms with Crippen LogP contribution in [0, 0.1) is 0 Å². The lowest BCUT2D eigenvalue weighted by molar-refractivity contribution is 0.294. The van der Waals surface area contributed by atoms with Gasteiger partial charge in [-0.15, -0.1) is 0 Å². The minimum absolute atomic E-state index is 0.527. The van der Waals surface area contributed by atoms with E-state index in [1.807, 2.05) is 24.7 Å². The van der Waals surface area contributed by atoms with Crippen molar-refractivity contribution in [3.8, 4) is 5.75 Å². The quantitative estimate of drug-likeness (QED) is 0.761. The molecule has 2 aromatic heterocycles. The van der Waals surface area contributed by atoms with E-state index < -0.39 is 0 Å². The average molecular weight is 203 g/mol. The lowest BCUT2D eigenvalue weighted by atomic mass is 10.4. The first-order valence-corrected chi connectivity index (χ1v) is 4.92. The maximum Gasteiger partial charge on any atom is 0.138 e. The summed E-state index contributed by atoms with van der Waals surface area (Å²) in [5.41, 5.74) is 1.07. The molecule has 0 atom stereocenters. The van der Waals surface area contributed by atoms with E-state index in [-0.39, 0.29) is 0 Å². The summed E-state index contributed by atoms with van der Waals surface area (Å²) in [5.74, 6) is 0.779. The molecule has 0 bridgehead atoms. The molecule has 0 unspecified atom stereocenters. The summed E-state index contributed by atoms with van der Waals surface area (Å²) in [6.45, 7) is 3.51. The highest BCUT2D eigenvalue weighted by molar-refractivity contribution is 5.15. The first-order chi connectivity index (χ1) is 7.40. The fourth-order valence-corrected chi connectivity index (χ4v) is 1.34. The van der Waals surface area contributed by atoms with Crippen LogP contribution < -0.4 is 4.74 Å². The Hall–Kier alpha value is -1.84. The second-order valence-electron chi connectivity index (χ2n) is 3.15. The van der Waals surface area contributed by atoms with E-state index in [4.69, 9.17) is 4.74 Å². The van der Waals surface area contributed by atoms with Crippen molar-refractivity contribution in [3.05, 3.63) is 42.7 Å². The molecule has 2 rings (SSSR count). The molecule has 2 heterocycles. The molecule has 4 nitrogen and oxygen atoms in total. The molecule has 0 saturated heterocycles. The van der Waals surface area contributed by atoms with Crippen LogP contribution in [-0.4, -0.2) is 14.5 Å². The lowest BCUT2D eigenvalue weighted by Crippen LogP contribution is -2.03. The van der Waals surface area contributed by atoms with Crippen LogP contribution in [0.15, 0.2) is 37.1 Å². The maximum atomic E-state index is 5.57. The van der Waals surface area contributed by atoms with Gasteiger partial charge in [-0.25, -0.2) is 4.98 Å². The van der Waals surface area contributed by atoms with Crippen molar-refractivity contribution in [1.29, 1.82) is 0 Å². The predicted molar refractivity (Wildman–Crippen MR) is 56.5 cm³/mol. The predicted octanol–water partition coefficient (Wildman–Crippen LogP) is 1.88. The molecule has 0 spiro atoms. The molecule has 0 aliphatic carbocycles. The Morgan fingerprint density at radius 1 is 1.33 bits per heavy atom. The molecule has 0 aliphatic heterocycles. The van der Waals surface area contributed by atoms with Crippen molar-refractivity contribution in [2.75, 3.05) is 0 Å². The van der Waals surface area contributed by atoms with Crippen LogP contribution in [0.3, 0.4) is 0 Å². The zero-order valence-electron chi connectivity index (χ0n) is 8.63. The summed E-state index contributed by atoms with van der Waals surface area (Å²) in [5, 5.41) is 0. The molecular formula is C11H13N3O. The van der Waals surface area contributed by atoms with Crippen LogP contribution in [0.5, 0.6) is 5.75 Å². The fourth-order valence-electron chi connectivity index (χ4n) is 1.34. The number of rotatable bonds is 4. The number of imidazole rings is 1. The first-order valence-electron chi connectivity index (χ1n) is 4.92. The highest BCUT2D eigenvalue weighted by Gasteiger charge is 2.00. The van der Waals surface area contributed by atoms with Crippen LogP contribution in [0.1, 0.15) is 12.6 Å². The minimum atomic E-state index is 0.527. The third-order valence-corrected chi connectivity index (χ3v) is 2.16. The van der Waals surface area contributed by atoms with Gasteiger partial charge in [-0.3, -0.25) is 4.98 Å². The summed E-state index contributed by atoms with van der Waals surface area (Å²) in [4.78, 5) is 8.05. The van der Waals surface area contributed by atoms with Crippen molar-refractivity contribution >= 4 is 0 Å². The van der Waals surface area contributed by atoms with Gasteiger partial charge in [-0.2, -0.15) is 0 Å². The first kappa shape index (κ1) is 9.71. The Kier molecular flexibility index (Phi) is 2.97. The molecule has 4 heteroatoms. The number of hydrogen-bond donors (Lipinski definition) is 0. The summed E-state index contributed by atoms with van der Waals surface area (Å²) >= 11 is 0. The largest absolute Gasteiger partial charge is 0.486 e. The molecule has 0 amide bonds. The zero-order chi connectivity index (χ0) is 10.5. The number of pyridine rings is 1. The molecule has 15 heavy (non-hydrogen) atoms. The Bertz CT molecular complexity index is 411. The highest BCUT2D eigenvalue weighted by Crippen LogP contribution is 2.09. The van der Waals surface area contributed by atoms with E-state index in [2.05, 4.69) is 21.5 Å². The smallest absolute Gasteiger partial charge is 0.138 e. The van der Waals surface area contributed by atoms with Crippen molar-refractivity contribution in [2.24, 2.45) is 0 Å². The van der Waals surface area contributed by atoms with Gasteiger partial charge < -0.3 is 9.30 Å². The Morgan fingerprint density at radius 2 is 2.27 bits per heavy atom. The third kappa shape index (κ3) is 2.34. The van der Waals surface area contributed by atoms with E-state index in [0.29, 0.717) is 6.61 Å². The molecule has 78 valence electrons. The van der Waals surface area contributed by atoms with Gasteiger partial charge in [0.25, 0.3) is 0 Å². The van der Waals surface area contributed by atoms with Crippen molar-refractivity contribution in [3.63, 3.8) is 0 Å². The van der Waals surface area contributed by atoms with Crippen molar-refractivity contribution in [2.45, 2.75) is 20.1 Å². The number of ether oxygens (including phenoxy) is 1. The number of nitrogens with zero attached hydrogens (tertiary/aromatic N) is 3. The van der Waals surface area contributed by atoms with Gasteiger partial charge >= 0.3 is 0 Å². The standard InChI is InChI=1S/C11H13N3O/c1-2-14-9-13-6-10(14)8-15-11-4-3-5-12-7-11/h3-7,9H,2,8H2,1H3. The maximum absolute atomic E-state index is 5.57. The number of aromatic nitrogens is 3. The van der Waals surface area contributed by atoms with Gasteiger partial charge in [0.05, 0.1) is 24.4 Å². The summed E-state index contributed by atoms with van der Waals surface area (Å²) in [6, 6.07) is 3.74. The van der Waals surface area contributed by atoms with Crippen LogP contribution in [0.2, 0.25) is 0 Å². The number of aryl methyl sites for hydroxylation is 1. The number of hydrogen-bond acceptors (Lipinski definition) is 3. The molecule has 0 N–H and O–H groups in total. The van der Waals surface area contributed by atoms with Crippen LogP contribution in [-0.2, 0) is 13.2 Å². The lowest BCUT2D eigenvalue weighted by Gasteiger charge is -2.07. The third-order valence-electron chi connectivity index (χ3n) is 2.16. The molecule has 0 aliphatic rings. The van der Waals surface area contributed by atoms with E-state index in [1.165, 1.54) is 0 Å². The SMILES string of the molecule is CCn1cncc1COc1cccnc1. The van der Waals surface area contributed by atoms with E-state index in [0.717, 1.165) is 18.0 Å². The van der Waals surface area contributed by atoms with Crippen LogP contribution >= 0.6 is 0 Å².